The number of carbonyl (C=O) groups excluding carboxylic acids is 1. The minimum Gasteiger partial charge on any atom is -0.355 e. The lowest BCUT2D eigenvalue weighted by atomic mass is 10.1. The van der Waals surface area contributed by atoms with Crippen molar-refractivity contribution in [3.8, 4) is 12.3 Å². The van der Waals surface area contributed by atoms with Gasteiger partial charge in [0.05, 0.1) is 12.1 Å². The molecule has 80 valence electrons. The van der Waals surface area contributed by atoms with Crippen LogP contribution in [0.5, 0.6) is 0 Å². The van der Waals surface area contributed by atoms with Gasteiger partial charge in [0.2, 0.25) is 5.91 Å². The second-order valence-electron chi connectivity index (χ2n) is 3.83. The number of hydrogen-bond acceptors (Lipinski definition) is 2. The van der Waals surface area contributed by atoms with Gasteiger partial charge in [-0.3, -0.25) is 10.1 Å². The molecule has 0 aliphatic carbocycles. The van der Waals surface area contributed by atoms with Crippen LogP contribution in [0.1, 0.15) is 33.6 Å². The van der Waals surface area contributed by atoms with Gasteiger partial charge >= 0.3 is 0 Å². The van der Waals surface area contributed by atoms with Crippen LogP contribution in [0.4, 0.5) is 0 Å². The largest absolute Gasteiger partial charge is 0.355 e. The average Bonchev–Trinajstić information content (AvgIpc) is 2.16. The van der Waals surface area contributed by atoms with Gasteiger partial charge < -0.3 is 5.32 Å². The highest BCUT2D eigenvalue weighted by Crippen LogP contribution is 1.96. The summed E-state index contributed by atoms with van der Waals surface area (Å²) in [5.41, 5.74) is -0.415. The van der Waals surface area contributed by atoms with Crippen molar-refractivity contribution in [2.24, 2.45) is 0 Å². The second-order valence-corrected chi connectivity index (χ2v) is 3.83. The highest BCUT2D eigenvalue weighted by molar-refractivity contribution is 5.78. The molecule has 0 fully saturated rings. The first-order valence-corrected chi connectivity index (χ1v) is 5.01. The molecule has 2 N–H and O–H groups in total. The smallest absolute Gasteiger partial charge is 0.234 e. The summed E-state index contributed by atoms with van der Waals surface area (Å²) in [7, 11) is 0. The average molecular weight is 196 g/mol. The molecule has 3 nitrogen and oxygen atoms in total. The van der Waals surface area contributed by atoms with Crippen molar-refractivity contribution in [3.05, 3.63) is 0 Å². The van der Waals surface area contributed by atoms with Crippen LogP contribution in [-0.2, 0) is 4.79 Å². The highest BCUT2D eigenvalue weighted by atomic mass is 16.1. The molecule has 0 saturated heterocycles. The summed E-state index contributed by atoms with van der Waals surface area (Å²) in [6.45, 7) is 6.85. The van der Waals surface area contributed by atoms with Crippen molar-refractivity contribution in [2.75, 3.05) is 13.1 Å². The summed E-state index contributed by atoms with van der Waals surface area (Å²) in [5.74, 6) is 2.57. The Kier molecular flexibility index (Phi) is 5.98. The Balaban J connectivity index is 3.60. The molecule has 0 unspecified atom stereocenters. The number of carbonyl (C=O) groups is 1. The van der Waals surface area contributed by atoms with E-state index in [-0.39, 0.29) is 12.5 Å². The van der Waals surface area contributed by atoms with Crippen molar-refractivity contribution < 1.29 is 4.79 Å². The van der Waals surface area contributed by atoms with Gasteiger partial charge in [-0.15, -0.1) is 6.42 Å². The number of rotatable bonds is 6. The normalized spacial score (nSPS) is 10.7. The lowest BCUT2D eigenvalue weighted by molar-refractivity contribution is -0.120. The van der Waals surface area contributed by atoms with Crippen molar-refractivity contribution >= 4 is 5.91 Å². The molecule has 0 aliphatic rings. The van der Waals surface area contributed by atoms with Crippen LogP contribution >= 0.6 is 0 Å². The molecule has 0 aromatic heterocycles. The fourth-order valence-electron chi connectivity index (χ4n) is 0.819. The maximum absolute atomic E-state index is 11.2. The van der Waals surface area contributed by atoms with Gasteiger partial charge in [-0.25, -0.2) is 0 Å². The minimum atomic E-state index is -0.415. The van der Waals surface area contributed by atoms with E-state index in [1.54, 1.807) is 0 Å². The van der Waals surface area contributed by atoms with Crippen LogP contribution in [0.25, 0.3) is 0 Å². The predicted molar refractivity (Wildman–Crippen MR) is 58.8 cm³/mol. The molecule has 1 amide bonds. The summed E-state index contributed by atoms with van der Waals surface area (Å²) in [6, 6.07) is 0. The maximum Gasteiger partial charge on any atom is 0.234 e. The molecule has 0 aromatic carbocycles. The van der Waals surface area contributed by atoms with Crippen molar-refractivity contribution in [1.82, 2.24) is 10.6 Å². The van der Waals surface area contributed by atoms with E-state index in [0.29, 0.717) is 0 Å². The third kappa shape index (κ3) is 6.50. The molecular weight excluding hydrogens is 176 g/mol. The fraction of sp³-hybridized carbons (Fsp3) is 0.727. The Morgan fingerprint density at radius 2 is 2.14 bits per heavy atom. The summed E-state index contributed by atoms with van der Waals surface area (Å²) >= 11 is 0. The van der Waals surface area contributed by atoms with Crippen molar-refractivity contribution in [2.45, 2.75) is 39.2 Å². The fourth-order valence-corrected chi connectivity index (χ4v) is 0.819. The van der Waals surface area contributed by atoms with Crippen LogP contribution in [0, 0.1) is 12.3 Å². The number of unbranched alkanes of at least 4 members (excludes halogenated alkanes) is 1. The molecular formula is C11H20N2O. The standard InChI is InChI=1S/C11H20N2O/c1-5-7-8-12-10(14)9-13-11(3,4)6-2/h2,13H,5,7-9H2,1,3-4H3,(H,12,14). The molecule has 14 heavy (non-hydrogen) atoms. The lowest BCUT2D eigenvalue weighted by Crippen LogP contribution is -2.44. The summed E-state index contributed by atoms with van der Waals surface area (Å²) in [4.78, 5) is 11.2. The van der Waals surface area contributed by atoms with Gasteiger partial charge in [-0.1, -0.05) is 19.3 Å². The zero-order valence-electron chi connectivity index (χ0n) is 9.31. The zero-order valence-corrected chi connectivity index (χ0v) is 9.31. The van der Waals surface area contributed by atoms with Crippen LogP contribution in [-0.4, -0.2) is 24.5 Å². The summed E-state index contributed by atoms with van der Waals surface area (Å²) in [6.07, 6.45) is 7.37. The maximum atomic E-state index is 11.2. The Bertz CT molecular complexity index is 216. The topological polar surface area (TPSA) is 41.1 Å². The first kappa shape index (κ1) is 13.0. The molecule has 0 radical (unpaired) electrons. The second kappa shape index (κ2) is 6.44. The van der Waals surface area contributed by atoms with Gasteiger partial charge in [0.15, 0.2) is 0 Å². The van der Waals surface area contributed by atoms with Gasteiger partial charge in [-0.2, -0.15) is 0 Å². The Hall–Kier alpha value is -1.01. The molecule has 0 heterocycles. The van der Waals surface area contributed by atoms with Gasteiger partial charge in [0.1, 0.15) is 0 Å². The van der Waals surface area contributed by atoms with Crippen LogP contribution in [0.3, 0.4) is 0 Å². The van der Waals surface area contributed by atoms with Gasteiger partial charge in [0, 0.05) is 6.54 Å². The first-order valence-electron chi connectivity index (χ1n) is 5.01. The van der Waals surface area contributed by atoms with Gasteiger partial charge in [0.25, 0.3) is 0 Å². The van der Waals surface area contributed by atoms with E-state index in [2.05, 4.69) is 23.5 Å². The van der Waals surface area contributed by atoms with Gasteiger partial charge in [-0.05, 0) is 20.3 Å². The summed E-state index contributed by atoms with van der Waals surface area (Å²) < 4.78 is 0. The third-order valence-corrected chi connectivity index (χ3v) is 1.90. The molecule has 0 aromatic rings. The van der Waals surface area contributed by atoms with E-state index in [0.717, 1.165) is 19.4 Å². The highest BCUT2D eigenvalue weighted by Gasteiger charge is 2.13. The van der Waals surface area contributed by atoms with E-state index in [1.165, 1.54) is 0 Å². The number of hydrogen-bond donors (Lipinski definition) is 2. The Morgan fingerprint density at radius 1 is 1.50 bits per heavy atom. The van der Waals surface area contributed by atoms with E-state index in [1.807, 2.05) is 13.8 Å². The SMILES string of the molecule is C#CC(C)(C)NCC(=O)NCCCC. The van der Waals surface area contributed by atoms with E-state index < -0.39 is 5.54 Å². The molecule has 0 saturated carbocycles. The monoisotopic (exact) mass is 196 g/mol. The third-order valence-electron chi connectivity index (χ3n) is 1.90. The first-order chi connectivity index (χ1) is 6.52. The molecule has 0 aliphatic heterocycles. The van der Waals surface area contributed by atoms with E-state index in [9.17, 15) is 4.79 Å². The lowest BCUT2D eigenvalue weighted by Gasteiger charge is -2.18. The quantitative estimate of drug-likeness (QED) is 0.489. The Labute approximate surface area is 86.6 Å². The van der Waals surface area contributed by atoms with Crippen molar-refractivity contribution in [3.63, 3.8) is 0 Å². The number of amides is 1. The molecule has 0 atom stereocenters. The van der Waals surface area contributed by atoms with E-state index in [4.69, 9.17) is 6.42 Å². The molecule has 0 spiro atoms. The molecule has 3 heteroatoms. The van der Waals surface area contributed by atoms with Crippen LogP contribution < -0.4 is 10.6 Å². The van der Waals surface area contributed by atoms with Crippen LogP contribution in [0.15, 0.2) is 0 Å². The number of nitrogens with one attached hydrogen (secondary N) is 2. The molecule has 0 rings (SSSR count). The van der Waals surface area contributed by atoms with E-state index >= 15 is 0 Å². The van der Waals surface area contributed by atoms with Crippen LogP contribution in [0.2, 0.25) is 0 Å². The predicted octanol–water partition coefficient (Wildman–Crippen LogP) is 0.904. The molecule has 0 bridgehead atoms. The number of terminal acetylenes is 1. The Morgan fingerprint density at radius 3 is 2.64 bits per heavy atom. The summed E-state index contributed by atoms with van der Waals surface area (Å²) in [5, 5.41) is 5.80. The minimum absolute atomic E-state index is 0.00164. The zero-order chi connectivity index (χ0) is 11.0. The van der Waals surface area contributed by atoms with Crippen molar-refractivity contribution in [1.29, 1.82) is 0 Å².